The van der Waals surface area contributed by atoms with Gasteiger partial charge in [-0.25, -0.2) is 14.2 Å². The number of anilines is 4. The lowest BCUT2D eigenvalue weighted by atomic mass is 9.77. The van der Waals surface area contributed by atoms with Gasteiger partial charge in [0.05, 0.1) is 0 Å². The average molecular weight is 532 g/mol. The Morgan fingerprint density at radius 2 is 1.92 bits per heavy atom. The van der Waals surface area contributed by atoms with Crippen LogP contribution in [0.1, 0.15) is 41.0 Å². The molecule has 1 aromatic carbocycles. The standard InChI is InChI=1S/C25H28F3N7OS/c1-35-13-16-7-4-6-15-10-18(11-17(14-35)22(15)16)30-24-29-12-19(25(26,27)28)23(33-24)32-20-8-5-9-21(31-20)34-37(2,3)36/h5,8-12,16H,4,6-7,13-14H2,1-3H3,(H2,29,30,31,32,33). The lowest BCUT2D eigenvalue weighted by molar-refractivity contribution is -0.137. The number of hydrogen-bond acceptors (Lipinski definition) is 8. The summed E-state index contributed by atoms with van der Waals surface area (Å²) in [5.41, 5.74) is 3.65. The summed E-state index contributed by atoms with van der Waals surface area (Å²) in [5, 5.41) is 5.75. The van der Waals surface area contributed by atoms with E-state index in [4.69, 9.17) is 0 Å². The maximum absolute atomic E-state index is 13.8. The van der Waals surface area contributed by atoms with E-state index in [1.165, 1.54) is 47.8 Å². The lowest BCUT2D eigenvalue weighted by Crippen LogP contribution is -2.33. The summed E-state index contributed by atoms with van der Waals surface area (Å²) in [5.74, 6) is 0.348. The maximum Gasteiger partial charge on any atom is 0.421 e. The molecule has 5 rings (SSSR count). The molecule has 3 heterocycles. The SMILES string of the molecule is CN1Cc2cc(Nc3ncc(C(F)(F)F)c(Nc4cccc(N=S(C)(C)=O)n4)n3)cc3c2C(CCC3)C1. The molecular formula is C25H28F3N7OS. The van der Waals surface area contributed by atoms with E-state index in [1.54, 1.807) is 6.07 Å². The normalized spacial score (nSPS) is 17.7. The number of aryl methyl sites for hydroxylation is 1. The second-order valence-corrected chi connectivity index (χ2v) is 12.4. The van der Waals surface area contributed by atoms with Gasteiger partial charge in [0.2, 0.25) is 5.95 Å². The molecule has 196 valence electrons. The highest BCUT2D eigenvalue weighted by Crippen LogP contribution is 2.40. The minimum absolute atomic E-state index is 0.0325. The third kappa shape index (κ3) is 5.85. The number of benzene rings is 1. The van der Waals surface area contributed by atoms with Crippen molar-refractivity contribution in [1.82, 2.24) is 19.9 Å². The first kappa shape index (κ1) is 25.4. The molecule has 0 spiro atoms. The van der Waals surface area contributed by atoms with Gasteiger partial charge in [-0.15, -0.1) is 0 Å². The summed E-state index contributed by atoms with van der Waals surface area (Å²) in [7, 11) is -0.388. The maximum atomic E-state index is 13.8. The highest BCUT2D eigenvalue weighted by molar-refractivity contribution is 7.92. The average Bonchev–Trinajstić information content (AvgIpc) is 2.77. The molecule has 37 heavy (non-hydrogen) atoms. The van der Waals surface area contributed by atoms with Crippen LogP contribution in [0.5, 0.6) is 0 Å². The van der Waals surface area contributed by atoms with Crippen LogP contribution < -0.4 is 10.6 Å². The van der Waals surface area contributed by atoms with Gasteiger partial charge in [-0.3, -0.25) is 0 Å². The molecule has 0 bridgehead atoms. The third-order valence-electron chi connectivity index (χ3n) is 6.38. The monoisotopic (exact) mass is 531 g/mol. The molecule has 0 fully saturated rings. The Balaban J connectivity index is 1.48. The van der Waals surface area contributed by atoms with Gasteiger partial charge in [0.25, 0.3) is 0 Å². The Bertz CT molecular complexity index is 1460. The largest absolute Gasteiger partial charge is 0.421 e. The Hall–Kier alpha value is -3.25. The molecule has 0 saturated heterocycles. The van der Waals surface area contributed by atoms with Crippen molar-refractivity contribution in [2.45, 2.75) is 37.9 Å². The van der Waals surface area contributed by atoms with Gasteiger partial charge in [-0.1, -0.05) is 6.07 Å². The quantitative estimate of drug-likeness (QED) is 0.442. The molecule has 1 aliphatic carbocycles. The van der Waals surface area contributed by atoms with E-state index < -0.39 is 27.3 Å². The summed E-state index contributed by atoms with van der Waals surface area (Å²) < 4.78 is 57.3. The molecular weight excluding hydrogens is 503 g/mol. The first-order valence-electron chi connectivity index (χ1n) is 11.9. The van der Waals surface area contributed by atoms with Gasteiger partial charge in [-0.05, 0) is 73.2 Å². The van der Waals surface area contributed by atoms with Crippen molar-refractivity contribution in [3.05, 3.63) is 58.8 Å². The molecule has 1 unspecified atom stereocenters. The van der Waals surface area contributed by atoms with Gasteiger partial charge in [0, 0.05) is 47.2 Å². The van der Waals surface area contributed by atoms with Crippen LogP contribution in [0.2, 0.25) is 0 Å². The second kappa shape index (κ2) is 9.56. The fourth-order valence-electron chi connectivity index (χ4n) is 5.07. The zero-order valence-electron chi connectivity index (χ0n) is 20.8. The second-order valence-electron chi connectivity index (χ2n) is 9.85. The van der Waals surface area contributed by atoms with Crippen molar-refractivity contribution in [2.24, 2.45) is 4.36 Å². The number of likely N-dealkylation sites (N-methyl/N-ethyl adjacent to an activating group) is 1. The number of hydrogen-bond donors (Lipinski definition) is 2. The minimum Gasteiger partial charge on any atom is -0.324 e. The fourth-order valence-corrected chi connectivity index (χ4v) is 5.63. The highest BCUT2D eigenvalue weighted by Gasteiger charge is 2.36. The first-order valence-corrected chi connectivity index (χ1v) is 14.2. The Morgan fingerprint density at radius 1 is 1.14 bits per heavy atom. The van der Waals surface area contributed by atoms with E-state index in [-0.39, 0.29) is 17.6 Å². The minimum atomic E-state index is -4.68. The molecule has 12 heteroatoms. The van der Waals surface area contributed by atoms with Crippen LogP contribution in [0.15, 0.2) is 40.9 Å². The van der Waals surface area contributed by atoms with Crippen LogP contribution in [0.3, 0.4) is 0 Å². The molecule has 1 atom stereocenters. The van der Waals surface area contributed by atoms with Gasteiger partial charge < -0.3 is 15.5 Å². The van der Waals surface area contributed by atoms with Crippen LogP contribution >= 0.6 is 0 Å². The molecule has 0 radical (unpaired) electrons. The number of alkyl halides is 3. The summed E-state index contributed by atoms with van der Waals surface area (Å²) in [4.78, 5) is 14.6. The van der Waals surface area contributed by atoms with E-state index >= 15 is 0 Å². The van der Waals surface area contributed by atoms with E-state index in [2.05, 4.69) is 48.0 Å². The third-order valence-corrected chi connectivity index (χ3v) is 7.00. The van der Waals surface area contributed by atoms with E-state index in [0.717, 1.165) is 37.8 Å². The molecule has 2 aliphatic rings. The number of pyridine rings is 1. The van der Waals surface area contributed by atoms with Crippen LogP contribution in [-0.2, 0) is 28.9 Å². The number of rotatable bonds is 5. The molecule has 2 N–H and O–H groups in total. The highest BCUT2D eigenvalue weighted by atomic mass is 32.2. The van der Waals surface area contributed by atoms with Crippen molar-refractivity contribution in [2.75, 3.05) is 36.7 Å². The van der Waals surface area contributed by atoms with Crippen molar-refractivity contribution < 1.29 is 17.4 Å². The summed E-state index contributed by atoms with van der Waals surface area (Å²) in [6, 6.07) is 8.68. The topological polar surface area (TPSA) is 95.4 Å². The molecule has 8 nitrogen and oxygen atoms in total. The van der Waals surface area contributed by atoms with E-state index in [1.807, 2.05) is 6.07 Å². The molecule has 0 saturated carbocycles. The Morgan fingerprint density at radius 3 is 2.68 bits per heavy atom. The Labute approximate surface area is 213 Å². The first-order chi connectivity index (χ1) is 17.4. The van der Waals surface area contributed by atoms with Crippen LogP contribution in [0, 0.1) is 0 Å². The van der Waals surface area contributed by atoms with Crippen molar-refractivity contribution in [3.63, 3.8) is 0 Å². The van der Waals surface area contributed by atoms with Gasteiger partial charge >= 0.3 is 6.18 Å². The summed E-state index contributed by atoms with van der Waals surface area (Å²) in [6.07, 6.45) is 2.24. The van der Waals surface area contributed by atoms with Crippen LogP contribution in [0.4, 0.5) is 42.3 Å². The molecule has 1 aliphatic heterocycles. The zero-order valence-corrected chi connectivity index (χ0v) is 21.6. The molecule has 0 amide bonds. The zero-order chi connectivity index (χ0) is 26.4. The molecule has 3 aromatic rings. The smallest absolute Gasteiger partial charge is 0.324 e. The number of aromatic nitrogens is 3. The van der Waals surface area contributed by atoms with Crippen molar-refractivity contribution in [1.29, 1.82) is 0 Å². The van der Waals surface area contributed by atoms with Crippen LogP contribution in [-0.4, -0.2) is 50.2 Å². The van der Waals surface area contributed by atoms with Gasteiger partial charge in [0.1, 0.15) is 17.2 Å². The summed E-state index contributed by atoms with van der Waals surface area (Å²) in [6.45, 7) is 1.87. The lowest BCUT2D eigenvalue weighted by Gasteiger charge is -2.37. The van der Waals surface area contributed by atoms with Gasteiger partial charge in [0.15, 0.2) is 5.82 Å². The number of nitrogens with one attached hydrogen (secondary N) is 2. The molecule has 2 aromatic heterocycles. The van der Waals surface area contributed by atoms with E-state index in [9.17, 15) is 17.4 Å². The number of halogens is 3. The Kier molecular flexibility index (Phi) is 6.57. The predicted molar refractivity (Wildman–Crippen MR) is 138 cm³/mol. The van der Waals surface area contributed by atoms with Crippen molar-refractivity contribution >= 4 is 38.8 Å². The van der Waals surface area contributed by atoms with Crippen LogP contribution in [0.25, 0.3) is 0 Å². The predicted octanol–water partition coefficient (Wildman–Crippen LogP) is 5.60. The van der Waals surface area contributed by atoms with Crippen molar-refractivity contribution in [3.8, 4) is 0 Å². The summed E-state index contributed by atoms with van der Waals surface area (Å²) >= 11 is 0. The number of nitrogens with zero attached hydrogens (tertiary/aromatic N) is 5. The van der Waals surface area contributed by atoms with Gasteiger partial charge in [-0.2, -0.15) is 22.5 Å². The van der Waals surface area contributed by atoms with E-state index in [0.29, 0.717) is 5.92 Å². The fraction of sp³-hybridized carbons (Fsp3) is 0.400.